The monoisotopic (exact) mass is 932 g/mol. The molecule has 0 radical (unpaired) electrons. The van der Waals surface area contributed by atoms with Gasteiger partial charge in [-0.2, -0.15) is 13.5 Å². The Hall–Kier alpha value is -4.31. The van der Waals surface area contributed by atoms with E-state index < -0.39 is 33.4 Å². The number of piperidine rings is 2. The van der Waals surface area contributed by atoms with E-state index in [4.69, 9.17) is 15.2 Å². The predicted octanol–water partition coefficient (Wildman–Crippen LogP) is 3.91. The SMILES string of the molecule is CC(C)(C)OC(=O)N1CCC(O)(Cn2cnc3cc(N)ccc3c2=O)CC1.CC(C)(C)OC(=O)N1CCC(O)(Cn2cnc3cc([N+](=O)[O-])ccc3c2=O)CC1.S.S=S.[Fe]. The number of nitrogen functional groups attached to an aromatic ring is 1. The molecule has 0 bridgehead atoms. The molecule has 2 aromatic heterocycles. The number of hydrogen-bond acceptors (Lipinski definition) is 15. The van der Waals surface area contributed by atoms with Gasteiger partial charge in [0, 0.05) is 83.4 Å². The third-order valence-electron chi connectivity index (χ3n) is 9.49. The van der Waals surface area contributed by atoms with Crippen molar-refractivity contribution in [3.8, 4) is 0 Å². The molecular formula is C38H52FeN8O10S3. The molecule has 18 nitrogen and oxygen atoms in total. The van der Waals surface area contributed by atoms with Crippen molar-refractivity contribution >= 4 is 81.2 Å². The fourth-order valence-electron chi connectivity index (χ4n) is 6.48. The number of rotatable bonds is 5. The number of fused-ring (bicyclic) bond motifs is 2. The summed E-state index contributed by atoms with van der Waals surface area (Å²) in [6.45, 7) is 12.3. The van der Waals surface area contributed by atoms with E-state index in [-0.39, 0.29) is 90.3 Å². The van der Waals surface area contributed by atoms with Crippen LogP contribution >= 0.6 is 13.5 Å². The number of anilines is 1. The van der Waals surface area contributed by atoms with Crippen LogP contribution in [0.25, 0.3) is 21.8 Å². The first kappa shape index (κ1) is 51.8. The van der Waals surface area contributed by atoms with Gasteiger partial charge in [0.05, 0.1) is 63.7 Å². The minimum atomic E-state index is -1.17. The molecule has 60 heavy (non-hydrogen) atoms. The Balaban J connectivity index is 0.000000386. The number of likely N-dealkylation sites (tertiary alicyclic amines) is 2. The standard InChI is InChI=1S/C19H24N4O6.C19H26N4O4.Fe.S2.H2S/c1-18(2,3)29-17(25)21-8-6-19(26,7-9-21)11-22-12-20-15-10-13(23(27)28)4-5-14(15)16(22)24;1-18(2,3)27-17(25)22-8-6-19(26,7-9-22)11-23-12-21-15-10-13(20)4-5-14(15)16(23)24;;1-2;/h4-5,10,12,26H,6-9,11H2,1-3H3;4-5,10,12,26H,6-9,11,20H2,1-3H3;;;1H2. The smallest absolute Gasteiger partial charge is 0.410 e. The van der Waals surface area contributed by atoms with Crippen molar-refractivity contribution < 1.29 is 51.3 Å². The number of carbonyl (C=O) groups excluding carboxylic acids is 2. The maximum Gasteiger partial charge on any atom is 0.410 e. The summed E-state index contributed by atoms with van der Waals surface area (Å²) >= 11 is 7.33. The van der Waals surface area contributed by atoms with Gasteiger partial charge in [0.1, 0.15) is 11.2 Å². The Bertz CT molecular complexity index is 2270. The molecule has 2 aliphatic rings. The summed E-state index contributed by atoms with van der Waals surface area (Å²) in [6.07, 6.45) is 3.21. The second kappa shape index (κ2) is 21.0. The molecular weight excluding hydrogens is 881 g/mol. The van der Waals surface area contributed by atoms with Crippen LogP contribution in [0.5, 0.6) is 0 Å². The number of benzene rings is 2. The number of amides is 2. The Morgan fingerprint density at radius 3 is 1.50 bits per heavy atom. The van der Waals surface area contributed by atoms with Crippen molar-refractivity contribution in [3.63, 3.8) is 0 Å². The Morgan fingerprint density at radius 2 is 1.13 bits per heavy atom. The van der Waals surface area contributed by atoms with Gasteiger partial charge < -0.3 is 35.2 Å². The minimum absolute atomic E-state index is 0. The number of nitrogens with two attached hydrogens (primary N) is 1. The third kappa shape index (κ3) is 13.9. The van der Waals surface area contributed by atoms with Crippen LogP contribution in [0.4, 0.5) is 21.0 Å². The van der Waals surface area contributed by atoms with Gasteiger partial charge in [-0.3, -0.25) is 28.8 Å². The summed E-state index contributed by atoms with van der Waals surface area (Å²) in [4.78, 5) is 71.6. The first-order chi connectivity index (χ1) is 27.0. The number of nitro groups is 1. The van der Waals surface area contributed by atoms with Crippen molar-refractivity contribution in [1.29, 1.82) is 0 Å². The van der Waals surface area contributed by atoms with Gasteiger partial charge in [-0.25, -0.2) is 19.6 Å². The van der Waals surface area contributed by atoms with Crippen LogP contribution in [-0.2, 0) is 62.0 Å². The number of carbonyl (C=O) groups is 2. The van der Waals surface area contributed by atoms with Crippen molar-refractivity contribution in [2.75, 3.05) is 31.9 Å². The molecule has 4 N–H and O–H groups in total. The molecule has 2 saturated heterocycles. The van der Waals surface area contributed by atoms with E-state index in [1.54, 1.807) is 48.8 Å². The zero-order valence-electron chi connectivity index (χ0n) is 34.2. The molecule has 0 atom stereocenters. The van der Waals surface area contributed by atoms with Crippen molar-refractivity contribution in [1.82, 2.24) is 28.9 Å². The molecule has 6 rings (SSSR count). The van der Waals surface area contributed by atoms with Crippen LogP contribution in [0.3, 0.4) is 0 Å². The van der Waals surface area contributed by atoms with Crippen molar-refractivity contribution in [3.05, 3.63) is 79.9 Å². The number of non-ortho nitro benzene ring substituents is 1. The summed E-state index contributed by atoms with van der Waals surface area (Å²) in [6, 6.07) is 8.82. The van der Waals surface area contributed by atoms with Crippen LogP contribution in [0.2, 0.25) is 0 Å². The number of aliphatic hydroxyl groups is 2. The molecule has 0 aliphatic carbocycles. The van der Waals surface area contributed by atoms with Gasteiger partial charge >= 0.3 is 12.2 Å². The summed E-state index contributed by atoms with van der Waals surface area (Å²) in [5.41, 5.74) is 2.89. The van der Waals surface area contributed by atoms with Crippen LogP contribution in [0.15, 0.2) is 58.6 Å². The molecule has 0 unspecified atom stereocenters. The van der Waals surface area contributed by atoms with E-state index in [0.29, 0.717) is 55.6 Å². The van der Waals surface area contributed by atoms with Crippen LogP contribution in [0.1, 0.15) is 67.2 Å². The van der Waals surface area contributed by atoms with Crippen LogP contribution in [0, 0.1) is 10.1 Å². The zero-order chi connectivity index (χ0) is 43.2. The summed E-state index contributed by atoms with van der Waals surface area (Å²) in [5, 5.41) is 33.4. The van der Waals surface area contributed by atoms with E-state index in [1.165, 1.54) is 40.0 Å². The number of hydrogen-bond donors (Lipinski definition) is 3. The molecule has 2 amide bonds. The van der Waals surface area contributed by atoms with Crippen molar-refractivity contribution in [2.24, 2.45) is 0 Å². The molecule has 2 aliphatic heterocycles. The molecule has 330 valence electrons. The Morgan fingerprint density at radius 1 is 0.767 bits per heavy atom. The number of aromatic nitrogens is 4. The average molecular weight is 933 g/mol. The number of ether oxygens (including phenoxy) is 2. The summed E-state index contributed by atoms with van der Waals surface area (Å²) in [5.74, 6) is 0. The van der Waals surface area contributed by atoms with E-state index >= 15 is 0 Å². The quantitative estimate of drug-likeness (QED) is 0.111. The van der Waals surface area contributed by atoms with Gasteiger partial charge in [-0.15, -0.1) is 0 Å². The molecule has 4 heterocycles. The van der Waals surface area contributed by atoms with Gasteiger partial charge in [0.2, 0.25) is 0 Å². The molecule has 0 saturated carbocycles. The van der Waals surface area contributed by atoms with E-state index in [1.807, 2.05) is 20.8 Å². The molecule has 2 aromatic carbocycles. The second-order valence-electron chi connectivity index (χ2n) is 16.5. The normalized spacial score (nSPS) is 15.8. The van der Waals surface area contributed by atoms with Gasteiger partial charge in [-0.1, -0.05) is 0 Å². The van der Waals surface area contributed by atoms with Crippen LogP contribution in [-0.4, -0.2) is 105 Å². The van der Waals surface area contributed by atoms with Crippen molar-refractivity contribution in [2.45, 2.75) is 103 Å². The first-order valence-corrected chi connectivity index (χ1v) is 19.8. The Labute approximate surface area is 374 Å². The van der Waals surface area contributed by atoms with Gasteiger partial charge in [-0.05, 0) is 91.5 Å². The largest absolute Gasteiger partial charge is 0.444 e. The van der Waals surface area contributed by atoms with Gasteiger partial charge in [0.15, 0.2) is 0 Å². The molecule has 22 heteroatoms. The third-order valence-corrected chi connectivity index (χ3v) is 9.49. The fraction of sp³-hybridized carbons (Fsp3) is 0.526. The van der Waals surface area contributed by atoms with E-state index in [9.17, 15) is 39.5 Å². The topological polar surface area (TPSA) is 238 Å². The Kier molecular flexibility index (Phi) is 18.1. The second-order valence-corrected chi connectivity index (χ2v) is 16.5. The zero-order valence-corrected chi connectivity index (χ0v) is 38.0. The number of nitro benzene ring substituents is 1. The number of nitrogens with zero attached hydrogens (tertiary/aromatic N) is 7. The molecule has 4 aromatic rings. The van der Waals surface area contributed by atoms with E-state index in [0.717, 1.165) is 0 Å². The summed E-state index contributed by atoms with van der Waals surface area (Å²) < 4.78 is 13.4. The maximum atomic E-state index is 12.7. The van der Waals surface area contributed by atoms with Gasteiger partial charge in [0.25, 0.3) is 16.8 Å². The molecule has 2 fully saturated rings. The van der Waals surface area contributed by atoms with E-state index in [2.05, 4.69) is 32.3 Å². The fourth-order valence-corrected chi connectivity index (χ4v) is 6.48. The predicted molar refractivity (Wildman–Crippen MR) is 232 cm³/mol. The average Bonchev–Trinajstić information content (AvgIpc) is 3.14. The minimum Gasteiger partial charge on any atom is -0.444 e. The maximum absolute atomic E-state index is 12.7. The molecule has 0 spiro atoms. The first-order valence-electron chi connectivity index (χ1n) is 18.5. The van der Waals surface area contributed by atoms with Crippen LogP contribution < -0.4 is 16.9 Å². The summed E-state index contributed by atoms with van der Waals surface area (Å²) in [7, 11) is 0.